The maximum Gasteiger partial charge on any atom is 0.343 e. The monoisotopic (exact) mass is 344 g/mol. The van der Waals surface area contributed by atoms with Crippen molar-refractivity contribution in [3.63, 3.8) is 0 Å². The van der Waals surface area contributed by atoms with Crippen LogP contribution in [0, 0.1) is 13.8 Å². The quantitative estimate of drug-likeness (QED) is 0.524. The van der Waals surface area contributed by atoms with Crippen molar-refractivity contribution in [1.29, 1.82) is 0 Å². The lowest BCUT2D eigenvalue weighted by Crippen LogP contribution is -1.98. The number of rotatable bonds is 2. The summed E-state index contributed by atoms with van der Waals surface area (Å²) < 4.78 is 5.42. The molecule has 116 valence electrons. The summed E-state index contributed by atoms with van der Waals surface area (Å²) in [7, 11) is 0. The molecule has 4 heteroatoms. The van der Waals surface area contributed by atoms with Crippen LogP contribution in [0.1, 0.15) is 22.3 Å². The topological polar surface area (TPSA) is 26.3 Å². The lowest BCUT2D eigenvalue weighted by atomic mass is 10.0. The zero-order valence-electron chi connectivity index (χ0n) is 12.7. The molecule has 1 aliphatic rings. The molecule has 0 spiro atoms. The highest BCUT2D eigenvalue weighted by Crippen LogP contribution is 2.32. The number of esters is 1. The summed E-state index contributed by atoms with van der Waals surface area (Å²) in [5.41, 5.74) is 4.10. The van der Waals surface area contributed by atoms with Gasteiger partial charge in [-0.05, 0) is 49.8 Å². The van der Waals surface area contributed by atoms with Crippen molar-refractivity contribution in [3.05, 3.63) is 80.3 Å². The van der Waals surface area contributed by atoms with Crippen molar-refractivity contribution < 1.29 is 9.53 Å². The van der Waals surface area contributed by atoms with Crippen molar-refractivity contribution in [2.45, 2.75) is 13.8 Å². The zero-order chi connectivity index (χ0) is 16.6. The predicted molar refractivity (Wildman–Crippen MR) is 94.4 cm³/mol. The smallest absolute Gasteiger partial charge is 0.343 e. The summed E-state index contributed by atoms with van der Waals surface area (Å²) in [6.07, 6.45) is 3.38. The van der Waals surface area contributed by atoms with Gasteiger partial charge in [0.05, 0.1) is 5.57 Å². The van der Waals surface area contributed by atoms with E-state index in [0.717, 1.165) is 16.7 Å². The number of cyclic esters (lactones) is 1. The molecule has 3 rings (SSSR count). The van der Waals surface area contributed by atoms with Gasteiger partial charge in [0.25, 0.3) is 0 Å². The van der Waals surface area contributed by atoms with Crippen molar-refractivity contribution >= 4 is 41.0 Å². The maximum absolute atomic E-state index is 12.2. The van der Waals surface area contributed by atoms with E-state index in [1.807, 2.05) is 32.0 Å². The summed E-state index contributed by atoms with van der Waals surface area (Å²) >= 11 is 12.3. The average molecular weight is 345 g/mol. The second-order valence-electron chi connectivity index (χ2n) is 5.45. The second-order valence-corrected chi connectivity index (χ2v) is 6.27. The van der Waals surface area contributed by atoms with Gasteiger partial charge in [-0.15, -0.1) is 0 Å². The summed E-state index contributed by atoms with van der Waals surface area (Å²) in [5.74, 6) is 0.141. The number of carbonyl (C=O) groups excluding carboxylic acids is 1. The molecule has 0 aromatic heterocycles. The lowest BCUT2D eigenvalue weighted by molar-refractivity contribution is -0.130. The van der Waals surface area contributed by atoms with E-state index in [9.17, 15) is 4.79 Å². The van der Waals surface area contributed by atoms with Crippen molar-refractivity contribution in [3.8, 4) is 0 Å². The molecule has 0 saturated carbocycles. The molecule has 0 radical (unpaired) electrons. The standard InChI is InChI=1S/C19H14Cl2O2/c1-11-6-7-12(2)14(8-11)18-10-13(19(22)23-18)9-15-16(20)4-3-5-17(15)21/h3-10H,1-2H3. The molecule has 2 aromatic rings. The molecule has 0 N–H and O–H groups in total. The van der Waals surface area contributed by atoms with E-state index in [-0.39, 0.29) is 0 Å². The minimum Gasteiger partial charge on any atom is -0.422 e. The fourth-order valence-corrected chi connectivity index (χ4v) is 2.93. The van der Waals surface area contributed by atoms with E-state index in [1.165, 1.54) is 0 Å². The minimum absolute atomic E-state index is 0.406. The van der Waals surface area contributed by atoms with Gasteiger partial charge in [0.1, 0.15) is 5.76 Å². The van der Waals surface area contributed by atoms with Gasteiger partial charge in [0.15, 0.2) is 0 Å². The molecule has 0 fully saturated rings. The maximum atomic E-state index is 12.2. The predicted octanol–water partition coefficient (Wildman–Crippen LogP) is 5.59. The summed E-state index contributed by atoms with van der Waals surface area (Å²) in [5, 5.41) is 0.984. The first-order chi connectivity index (χ1) is 11.0. The molecule has 0 atom stereocenters. The summed E-state index contributed by atoms with van der Waals surface area (Å²) in [6.45, 7) is 3.98. The van der Waals surface area contributed by atoms with Crippen LogP contribution in [0.5, 0.6) is 0 Å². The summed E-state index contributed by atoms with van der Waals surface area (Å²) in [6, 6.07) is 11.3. The van der Waals surface area contributed by atoms with E-state index >= 15 is 0 Å². The number of aryl methyl sites for hydroxylation is 2. The van der Waals surface area contributed by atoms with Crippen molar-refractivity contribution in [2.75, 3.05) is 0 Å². The molecule has 0 amide bonds. The van der Waals surface area contributed by atoms with Gasteiger partial charge in [-0.3, -0.25) is 0 Å². The van der Waals surface area contributed by atoms with E-state index in [0.29, 0.717) is 26.9 Å². The highest BCUT2D eigenvalue weighted by atomic mass is 35.5. The fourth-order valence-electron chi connectivity index (χ4n) is 2.43. The molecule has 0 aliphatic carbocycles. The molecule has 1 heterocycles. The van der Waals surface area contributed by atoms with E-state index in [4.69, 9.17) is 27.9 Å². The van der Waals surface area contributed by atoms with Crippen LogP contribution in [0.2, 0.25) is 10.0 Å². The third-order valence-corrected chi connectivity index (χ3v) is 4.34. The van der Waals surface area contributed by atoms with Gasteiger partial charge in [-0.2, -0.15) is 0 Å². The van der Waals surface area contributed by atoms with Crippen LogP contribution in [-0.2, 0) is 9.53 Å². The number of hydrogen-bond donors (Lipinski definition) is 0. The zero-order valence-corrected chi connectivity index (χ0v) is 14.2. The summed E-state index contributed by atoms with van der Waals surface area (Å²) in [4.78, 5) is 12.2. The van der Waals surface area contributed by atoms with Gasteiger partial charge >= 0.3 is 5.97 Å². The number of carbonyl (C=O) groups is 1. The van der Waals surface area contributed by atoms with E-state index in [1.54, 1.807) is 30.4 Å². The minimum atomic E-state index is -0.406. The SMILES string of the molecule is Cc1ccc(C)c(C2=CC(=Cc3c(Cl)cccc3Cl)C(=O)O2)c1. The Labute approximate surface area is 145 Å². The Morgan fingerprint density at radius 1 is 1.04 bits per heavy atom. The van der Waals surface area contributed by atoms with Gasteiger partial charge in [-0.1, -0.05) is 47.0 Å². The molecule has 0 unspecified atom stereocenters. The van der Waals surface area contributed by atoms with Gasteiger partial charge < -0.3 is 4.74 Å². The highest BCUT2D eigenvalue weighted by Gasteiger charge is 2.23. The molecular weight excluding hydrogens is 331 g/mol. The first-order valence-electron chi connectivity index (χ1n) is 7.13. The Bertz CT molecular complexity index is 843. The average Bonchev–Trinajstić information content (AvgIpc) is 2.86. The number of halogens is 2. The Kier molecular flexibility index (Phi) is 4.29. The van der Waals surface area contributed by atoms with Crippen LogP contribution in [-0.4, -0.2) is 5.97 Å². The van der Waals surface area contributed by atoms with Gasteiger partial charge in [0.2, 0.25) is 0 Å². The van der Waals surface area contributed by atoms with Crippen LogP contribution in [0.4, 0.5) is 0 Å². The first kappa shape index (κ1) is 15.9. The normalized spacial score (nSPS) is 15.7. The van der Waals surface area contributed by atoms with Crippen LogP contribution in [0.15, 0.2) is 48.0 Å². The van der Waals surface area contributed by atoms with Crippen LogP contribution >= 0.6 is 23.2 Å². The van der Waals surface area contributed by atoms with Crippen LogP contribution in [0.25, 0.3) is 11.8 Å². The van der Waals surface area contributed by atoms with E-state index < -0.39 is 5.97 Å². The van der Waals surface area contributed by atoms with Gasteiger partial charge in [0, 0.05) is 21.2 Å². The number of hydrogen-bond acceptors (Lipinski definition) is 2. The van der Waals surface area contributed by atoms with Gasteiger partial charge in [-0.25, -0.2) is 4.79 Å². The molecule has 1 aliphatic heterocycles. The third-order valence-electron chi connectivity index (χ3n) is 3.68. The number of benzene rings is 2. The second kappa shape index (κ2) is 6.23. The van der Waals surface area contributed by atoms with Crippen LogP contribution in [0.3, 0.4) is 0 Å². The fraction of sp³-hybridized carbons (Fsp3) is 0.105. The molecule has 2 nitrogen and oxygen atoms in total. The van der Waals surface area contributed by atoms with E-state index in [2.05, 4.69) is 0 Å². The molecular formula is C19H14Cl2O2. The largest absolute Gasteiger partial charge is 0.422 e. The van der Waals surface area contributed by atoms with Crippen molar-refractivity contribution in [1.82, 2.24) is 0 Å². The van der Waals surface area contributed by atoms with Crippen LogP contribution < -0.4 is 0 Å². The molecule has 0 bridgehead atoms. The Balaban J connectivity index is 2.05. The highest BCUT2D eigenvalue weighted by molar-refractivity contribution is 6.37. The molecule has 2 aromatic carbocycles. The molecule has 0 saturated heterocycles. The van der Waals surface area contributed by atoms with Crippen molar-refractivity contribution in [2.24, 2.45) is 0 Å². The Morgan fingerprint density at radius 2 is 1.74 bits per heavy atom. The Hall–Kier alpha value is -2.03. The molecule has 23 heavy (non-hydrogen) atoms. The first-order valence-corrected chi connectivity index (χ1v) is 7.88. The lowest BCUT2D eigenvalue weighted by Gasteiger charge is -2.06. The Morgan fingerprint density at radius 3 is 2.43 bits per heavy atom. The third kappa shape index (κ3) is 3.19. The number of ether oxygens (including phenoxy) is 1.